The molecule has 3 rings (SSSR count). The Morgan fingerprint density at radius 2 is 1.95 bits per heavy atom. The summed E-state index contributed by atoms with van der Waals surface area (Å²) in [5.41, 5.74) is 7.22. The Morgan fingerprint density at radius 1 is 1.14 bits per heavy atom. The molecule has 1 aromatic heterocycles. The van der Waals surface area contributed by atoms with E-state index in [1.54, 1.807) is 42.5 Å². The number of thiophene rings is 1. The first-order valence-corrected chi connectivity index (χ1v) is 8.69. The molecule has 0 amide bonds. The SMILES string of the molecule is Cc1cccc(N)c1S(=O)(=O)Nc1ccc2sccc2c1. The Morgan fingerprint density at radius 3 is 2.71 bits per heavy atom. The van der Waals surface area contributed by atoms with E-state index >= 15 is 0 Å². The highest BCUT2D eigenvalue weighted by atomic mass is 32.2. The average molecular weight is 318 g/mol. The van der Waals surface area contributed by atoms with Gasteiger partial charge in [-0.2, -0.15) is 0 Å². The lowest BCUT2D eigenvalue weighted by Crippen LogP contribution is -2.16. The molecule has 0 spiro atoms. The van der Waals surface area contributed by atoms with Crippen LogP contribution in [-0.2, 0) is 10.0 Å². The minimum Gasteiger partial charge on any atom is -0.398 e. The molecule has 0 aliphatic heterocycles. The lowest BCUT2D eigenvalue weighted by molar-refractivity contribution is 0.601. The van der Waals surface area contributed by atoms with E-state index in [9.17, 15) is 8.42 Å². The predicted molar refractivity (Wildman–Crippen MR) is 88.2 cm³/mol. The van der Waals surface area contributed by atoms with Gasteiger partial charge in [-0.05, 0) is 53.6 Å². The molecule has 0 fully saturated rings. The van der Waals surface area contributed by atoms with Gasteiger partial charge >= 0.3 is 0 Å². The molecule has 0 saturated carbocycles. The van der Waals surface area contributed by atoms with Gasteiger partial charge in [0, 0.05) is 10.4 Å². The van der Waals surface area contributed by atoms with Gasteiger partial charge < -0.3 is 5.73 Å². The number of benzene rings is 2. The summed E-state index contributed by atoms with van der Waals surface area (Å²) in [4.78, 5) is 0.135. The number of rotatable bonds is 3. The number of hydrogen-bond acceptors (Lipinski definition) is 4. The van der Waals surface area contributed by atoms with E-state index in [0.717, 1.165) is 10.1 Å². The van der Waals surface area contributed by atoms with E-state index in [1.165, 1.54) is 0 Å². The van der Waals surface area contributed by atoms with Crippen LogP contribution >= 0.6 is 11.3 Å². The highest BCUT2D eigenvalue weighted by molar-refractivity contribution is 7.93. The zero-order chi connectivity index (χ0) is 15.0. The van der Waals surface area contributed by atoms with Crippen LogP contribution < -0.4 is 10.5 Å². The zero-order valence-corrected chi connectivity index (χ0v) is 13.0. The molecule has 4 nitrogen and oxygen atoms in total. The molecule has 0 unspecified atom stereocenters. The second-order valence-electron chi connectivity index (χ2n) is 4.77. The third kappa shape index (κ3) is 2.59. The van der Waals surface area contributed by atoms with Gasteiger partial charge in [-0.15, -0.1) is 11.3 Å². The van der Waals surface area contributed by atoms with Crippen molar-refractivity contribution < 1.29 is 8.42 Å². The molecule has 1 heterocycles. The summed E-state index contributed by atoms with van der Waals surface area (Å²) in [5, 5.41) is 2.99. The number of nitrogens with two attached hydrogens (primary N) is 1. The first kappa shape index (κ1) is 13.9. The predicted octanol–water partition coefficient (Wildman–Crippen LogP) is 3.59. The van der Waals surface area contributed by atoms with Crippen molar-refractivity contribution >= 4 is 42.8 Å². The van der Waals surface area contributed by atoms with E-state index in [4.69, 9.17) is 5.73 Å². The van der Waals surface area contributed by atoms with E-state index in [1.807, 2.05) is 23.6 Å². The molecular weight excluding hydrogens is 304 g/mol. The second kappa shape index (κ2) is 5.05. The average Bonchev–Trinajstić information content (AvgIpc) is 2.85. The van der Waals surface area contributed by atoms with Crippen molar-refractivity contribution in [1.29, 1.82) is 0 Å². The highest BCUT2D eigenvalue weighted by Gasteiger charge is 2.20. The summed E-state index contributed by atoms with van der Waals surface area (Å²) in [6, 6.07) is 12.5. The normalized spacial score (nSPS) is 11.7. The van der Waals surface area contributed by atoms with Crippen LogP contribution in [0.25, 0.3) is 10.1 Å². The van der Waals surface area contributed by atoms with Crippen molar-refractivity contribution in [3.8, 4) is 0 Å². The molecule has 3 aromatic rings. The van der Waals surface area contributed by atoms with E-state index in [2.05, 4.69) is 4.72 Å². The van der Waals surface area contributed by atoms with Crippen molar-refractivity contribution in [2.75, 3.05) is 10.5 Å². The monoisotopic (exact) mass is 318 g/mol. The molecular formula is C15H14N2O2S2. The van der Waals surface area contributed by atoms with Crippen molar-refractivity contribution in [1.82, 2.24) is 0 Å². The second-order valence-corrected chi connectivity index (χ2v) is 7.34. The van der Waals surface area contributed by atoms with Crippen LogP contribution in [0.2, 0.25) is 0 Å². The van der Waals surface area contributed by atoms with Crippen molar-refractivity contribution in [2.45, 2.75) is 11.8 Å². The third-order valence-corrected chi connectivity index (χ3v) is 5.71. The summed E-state index contributed by atoms with van der Waals surface area (Å²) in [5.74, 6) is 0. The summed E-state index contributed by atoms with van der Waals surface area (Å²) < 4.78 is 28.8. The largest absolute Gasteiger partial charge is 0.398 e. The lowest BCUT2D eigenvalue weighted by Gasteiger charge is -2.12. The van der Waals surface area contributed by atoms with Crippen LogP contribution in [0.5, 0.6) is 0 Å². The van der Waals surface area contributed by atoms with Crippen LogP contribution in [0, 0.1) is 6.92 Å². The molecule has 2 aromatic carbocycles. The maximum Gasteiger partial charge on any atom is 0.264 e. The quantitative estimate of drug-likeness (QED) is 0.725. The topological polar surface area (TPSA) is 72.2 Å². The van der Waals surface area contributed by atoms with E-state index < -0.39 is 10.0 Å². The molecule has 0 aliphatic rings. The van der Waals surface area contributed by atoms with Crippen LogP contribution in [0.4, 0.5) is 11.4 Å². The van der Waals surface area contributed by atoms with Gasteiger partial charge in [0.05, 0.1) is 5.69 Å². The maximum atomic E-state index is 12.5. The first-order chi connectivity index (χ1) is 9.97. The smallest absolute Gasteiger partial charge is 0.264 e. The summed E-state index contributed by atoms with van der Waals surface area (Å²) >= 11 is 1.62. The van der Waals surface area contributed by atoms with Crippen molar-refractivity contribution in [3.05, 3.63) is 53.4 Å². The summed E-state index contributed by atoms with van der Waals surface area (Å²) in [6.07, 6.45) is 0. The number of nitrogen functional groups attached to an aromatic ring is 1. The fourth-order valence-electron chi connectivity index (χ4n) is 2.28. The lowest BCUT2D eigenvalue weighted by atomic mass is 10.2. The molecule has 0 aliphatic carbocycles. The standard InChI is InChI=1S/C15H14N2O2S2/c1-10-3-2-4-13(16)15(10)21(18,19)17-12-5-6-14-11(9-12)7-8-20-14/h2-9,17H,16H2,1H3. The van der Waals surface area contributed by atoms with Crippen molar-refractivity contribution in [2.24, 2.45) is 0 Å². The Kier molecular flexibility index (Phi) is 3.35. The van der Waals surface area contributed by atoms with Gasteiger partial charge in [-0.1, -0.05) is 12.1 Å². The molecule has 21 heavy (non-hydrogen) atoms. The summed E-state index contributed by atoms with van der Waals surface area (Å²) in [6.45, 7) is 1.73. The van der Waals surface area contributed by atoms with Gasteiger partial charge in [-0.25, -0.2) is 8.42 Å². The van der Waals surface area contributed by atoms with Gasteiger partial charge in [0.1, 0.15) is 4.90 Å². The maximum absolute atomic E-state index is 12.5. The van der Waals surface area contributed by atoms with Crippen molar-refractivity contribution in [3.63, 3.8) is 0 Å². The number of sulfonamides is 1. The van der Waals surface area contributed by atoms with Crippen LogP contribution in [0.15, 0.2) is 52.7 Å². The molecule has 0 bridgehead atoms. The molecule has 0 radical (unpaired) electrons. The fourth-order valence-corrected chi connectivity index (χ4v) is 4.46. The van der Waals surface area contributed by atoms with Gasteiger partial charge in [0.25, 0.3) is 10.0 Å². The highest BCUT2D eigenvalue weighted by Crippen LogP contribution is 2.28. The molecule has 0 atom stereocenters. The Bertz CT molecular complexity index is 894. The number of hydrogen-bond donors (Lipinski definition) is 2. The van der Waals surface area contributed by atoms with Gasteiger partial charge in [0.15, 0.2) is 0 Å². The Balaban J connectivity index is 2.03. The third-order valence-electron chi connectivity index (χ3n) is 3.22. The minimum absolute atomic E-state index is 0.135. The van der Waals surface area contributed by atoms with Gasteiger partial charge in [0.2, 0.25) is 0 Å². The van der Waals surface area contributed by atoms with Crippen LogP contribution in [0.1, 0.15) is 5.56 Å². The number of anilines is 2. The van der Waals surface area contributed by atoms with Gasteiger partial charge in [-0.3, -0.25) is 4.72 Å². The van der Waals surface area contributed by atoms with Crippen LogP contribution in [0.3, 0.4) is 0 Å². The summed E-state index contributed by atoms with van der Waals surface area (Å²) in [7, 11) is -3.70. The number of fused-ring (bicyclic) bond motifs is 1. The molecule has 3 N–H and O–H groups in total. The molecule has 6 heteroatoms. The van der Waals surface area contributed by atoms with E-state index in [0.29, 0.717) is 11.3 Å². The molecule has 0 saturated heterocycles. The first-order valence-electron chi connectivity index (χ1n) is 6.32. The number of nitrogens with one attached hydrogen (secondary N) is 1. The minimum atomic E-state index is -3.70. The van der Waals surface area contributed by atoms with Crippen LogP contribution in [-0.4, -0.2) is 8.42 Å². The Hall–Kier alpha value is -2.05. The zero-order valence-electron chi connectivity index (χ0n) is 11.3. The Labute approximate surface area is 127 Å². The number of aryl methyl sites for hydroxylation is 1. The van der Waals surface area contributed by atoms with E-state index in [-0.39, 0.29) is 10.6 Å². The molecule has 108 valence electrons. The fraction of sp³-hybridized carbons (Fsp3) is 0.0667.